The molecule has 0 amide bonds. The molecule has 6 nitrogen and oxygen atoms in total. The second-order valence-corrected chi connectivity index (χ2v) is 6.48. The lowest BCUT2D eigenvalue weighted by molar-refractivity contribution is -0.00461. The van der Waals surface area contributed by atoms with Crippen molar-refractivity contribution < 1.29 is 17.9 Å². The molecule has 0 radical (unpaired) electrons. The van der Waals surface area contributed by atoms with E-state index in [1.165, 1.54) is 4.31 Å². The summed E-state index contributed by atoms with van der Waals surface area (Å²) in [7, 11) is -0.0305. The Morgan fingerprint density at radius 2 is 1.78 bits per heavy atom. The Bertz CT molecular complexity index is 322. The van der Waals surface area contributed by atoms with Gasteiger partial charge in [-0.05, 0) is 19.5 Å². The molecule has 1 fully saturated rings. The van der Waals surface area contributed by atoms with Crippen LogP contribution in [0.1, 0.15) is 13.3 Å². The van der Waals surface area contributed by atoms with Crippen molar-refractivity contribution in [3.63, 3.8) is 0 Å². The van der Waals surface area contributed by atoms with E-state index < -0.39 is 10.0 Å². The lowest BCUT2D eigenvalue weighted by Crippen LogP contribution is -2.33. The Kier molecular flexibility index (Phi) is 6.51. The molecule has 1 aliphatic rings. The van der Waals surface area contributed by atoms with E-state index in [4.69, 9.17) is 9.47 Å². The summed E-state index contributed by atoms with van der Waals surface area (Å²) in [6.45, 7) is 4.37. The largest absolute Gasteiger partial charge is 0.377 e. The molecule has 0 spiro atoms. The van der Waals surface area contributed by atoms with Gasteiger partial charge in [-0.3, -0.25) is 0 Å². The van der Waals surface area contributed by atoms with Crippen LogP contribution in [-0.2, 0) is 19.5 Å². The van der Waals surface area contributed by atoms with Crippen molar-refractivity contribution in [1.82, 2.24) is 9.62 Å². The fraction of sp³-hybridized carbons (Fsp3) is 1.00. The molecule has 0 aromatic carbocycles. The maximum Gasteiger partial charge on any atom is 0.214 e. The number of methoxy groups -OCH3 is 2. The summed E-state index contributed by atoms with van der Waals surface area (Å²) in [6, 6.07) is 0. The average molecular weight is 280 g/mol. The quantitative estimate of drug-likeness (QED) is 0.616. The summed E-state index contributed by atoms with van der Waals surface area (Å²) >= 11 is 0. The van der Waals surface area contributed by atoms with Crippen LogP contribution in [0.5, 0.6) is 0 Å². The molecule has 2 atom stereocenters. The van der Waals surface area contributed by atoms with Crippen LogP contribution in [0.2, 0.25) is 0 Å². The molecule has 1 saturated heterocycles. The van der Waals surface area contributed by atoms with Crippen LogP contribution in [0, 0.1) is 0 Å². The number of rotatable bonds is 8. The van der Waals surface area contributed by atoms with Crippen molar-refractivity contribution in [3.05, 3.63) is 0 Å². The fourth-order valence-electron chi connectivity index (χ4n) is 2.08. The zero-order chi connectivity index (χ0) is 13.6. The second kappa shape index (κ2) is 7.40. The first-order valence-electron chi connectivity index (χ1n) is 6.29. The minimum absolute atomic E-state index is 0.168. The molecule has 18 heavy (non-hydrogen) atoms. The maximum atomic E-state index is 12.1. The van der Waals surface area contributed by atoms with Crippen LogP contribution >= 0.6 is 0 Å². The van der Waals surface area contributed by atoms with Crippen LogP contribution in [0.25, 0.3) is 0 Å². The zero-order valence-corrected chi connectivity index (χ0v) is 12.2. The molecule has 2 unspecified atom stereocenters. The predicted octanol–water partition coefficient (Wildman–Crippen LogP) is -0.339. The van der Waals surface area contributed by atoms with Gasteiger partial charge in [0.1, 0.15) is 0 Å². The third-order valence-corrected chi connectivity index (χ3v) is 5.08. The van der Waals surface area contributed by atoms with Crippen molar-refractivity contribution in [1.29, 1.82) is 0 Å². The number of sulfonamides is 1. The number of hydrogen-bond donors (Lipinski definition) is 1. The molecule has 0 saturated carbocycles. The van der Waals surface area contributed by atoms with E-state index in [-0.39, 0.29) is 18.0 Å². The van der Waals surface area contributed by atoms with E-state index in [9.17, 15) is 8.42 Å². The number of hydrogen-bond acceptors (Lipinski definition) is 5. The average Bonchev–Trinajstić information content (AvgIpc) is 2.78. The third kappa shape index (κ3) is 4.17. The number of ether oxygens (including phenoxy) is 2. The van der Waals surface area contributed by atoms with Crippen molar-refractivity contribution in [3.8, 4) is 0 Å². The summed E-state index contributed by atoms with van der Waals surface area (Å²) < 4.78 is 36.2. The normalized spacial score (nSPS) is 25.7. The fourth-order valence-corrected chi connectivity index (χ4v) is 3.59. The minimum Gasteiger partial charge on any atom is -0.377 e. The van der Waals surface area contributed by atoms with Crippen molar-refractivity contribution in [2.75, 3.05) is 46.2 Å². The monoisotopic (exact) mass is 280 g/mol. The smallest absolute Gasteiger partial charge is 0.214 e. The lowest BCUT2D eigenvalue weighted by Gasteiger charge is -2.15. The Morgan fingerprint density at radius 1 is 1.22 bits per heavy atom. The second-order valence-electron chi connectivity index (χ2n) is 4.39. The summed E-state index contributed by atoms with van der Waals surface area (Å²) in [5.74, 6) is 0.173. The standard InChI is InChI=1S/C11H24N2O4S/c1-4-12-6-5-7-18(14,15)13-8-10(16-2)11(9-13)17-3/h10-12H,4-9H2,1-3H3. The Labute approximate surface area is 110 Å². The lowest BCUT2D eigenvalue weighted by atomic mass is 10.3. The molecule has 1 N–H and O–H groups in total. The van der Waals surface area contributed by atoms with Gasteiger partial charge in [-0.25, -0.2) is 8.42 Å². The van der Waals surface area contributed by atoms with Crippen LogP contribution < -0.4 is 5.32 Å². The molecule has 108 valence electrons. The molecule has 0 aromatic heterocycles. The minimum atomic E-state index is -3.19. The van der Waals surface area contributed by atoms with Gasteiger partial charge in [0.2, 0.25) is 10.0 Å². The molecule has 1 heterocycles. The van der Waals surface area contributed by atoms with Gasteiger partial charge >= 0.3 is 0 Å². The molecule has 0 bridgehead atoms. The van der Waals surface area contributed by atoms with E-state index in [2.05, 4.69) is 5.32 Å². The highest BCUT2D eigenvalue weighted by atomic mass is 32.2. The summed E-state index contributed by atoms with van der Waals surface area (Å²) in [5, 5.41) is 3.12. The van der Waals surface area contributed by atoms with Crippen molar-refractivity contribution in [2.45, 2.75) is 25.6 Å². The molecule has 0 aromatic rings. The van der Waals surface area contributed by atoms with E-state index >= 15 is 0 Å². The van der Waals surface area contributed by atoms with Gasteiger partial charge in [0.25, 0.3) is 0 Å². The van der Waals surface area contributed by atoms with Gasteiger partial charge in [0.05, 0.1) is 18.0 Å². The molecular weight excluding hydrogens is 256 g/mol. The summed E-state index contributed by atoms with van der Waals surface area (Å²) in [5.41, 5.74) is 0. The van der Waals surface area contributed by atoms with E-state index in [0.717, 1.165) is 13.1 Å². The molecular formula is C11H24N2O4S. The highest BCUT2D eigenvalue weighted by Crippen LogP contribution is 2.19. The number of nitrogens with one attached hydrogen (secondary N) is 1. The highest BCUT2D eigenvalue weighted by molar-refractivity contribution is 7.89. The van der Waals surface area contributed by atoms with Crippen LogP contribution in [-0.4, -0.2) is 71.1 Å². The van der Waals surface area contributed by atoms with Crippen LogP contribution in [0.15, 0.2) is 0 Å². The molecule has 1 rings (SSSR count). The van der Waals surface area contributed by atoms with Crippen LogP contribution in [0.4, 0.5) is 0 Å². The van der Waals surface area contributed by atoms with Crippen LogP contribution in [0.3, 0.4) is 0 Å². The van der Waals surface area contributed by atoms with E-state index in [1.807, 2.05) is 6.92 Å². The van der Waals surface area contributed by atoms with Gasteiger partial charge in [-0.15, -0.1) is 0 Å². The van der Waals surface area contributed by atoms with E-state index in [1.54, 1.807) is 14.2 Å². The summed E-state index contributed by atoms with van der Waals surface area (Å²) in [4.78, 5) is 0. The summed E-state index contributed by atoms with van der Waals surface area (Å²) in [6.07, 6.45) is 0.291. The predicted molar refractivity (Wildman–Crippen MR) is 70.1 cm³/mol. The first-order chi connectivity index (χ1) is 8.55. The van der Waals surface area contributed by atoms with Gasteiger partial charge in [-0.2, -0.15) is 4.31 Å². The number of nitrogens with zero attached hydrogens (tertiary/aromatic N) is 1. The maximum absolute atomic E-state index is 12.1. The Balaban J connectivity index is 2.48. The Morgan fingerprint density at radius 3 is 2.22 bits per heavy atom. The van der Waals surface area contributed by atoms with Gasteiger partial charge < -0.3 is 14.8 Å². The zero-order valence-electron chi connectivity index (χ0n) is 11.4. The molecule has 0 aliphatic carbocycles. The van der Waals surface area contributed by atoms with Gasteiger partial charge in [-0.1, -0.05) is 6.92 Å². The third-order valence-electron chi connectivity index (χ3n) is 3.19. The SMILES string of the molecule is CCNCCCS(=O)(=O)N1CC(OC)C(OC)C1. The first kappa shape index (κ1) is 15.8. The van der Waals surface area contributed by atoms with E-state index in [0.29, 0.717) is 19.5 Å². The topological polar surface area (TPSA) is 67.9 Å². The molecule has 7 heteroatoms. The van der Waals surface area contributed by atoms with Crippen molar-refractivity contribution in [2.24, 2.45) is 0 Å². The van der Waals surface area contributed by atoms with Crippen molar-refractivity contribution >= 4 is 10.0 Å². The Hall–Kier alpha value is -0.210. The highest BCUT2D eigenvalue weighted by Gasteiger charge is 2.38. The van der Waals surface area contributed by atoms with Gasteiger partial charge in [0.15, 0.2) is 0 Å². The first-order valence-corrected chi connectivity index (χ1v) is 7.90. The van der Waals surface area contributed by atoms with Gasteiger partial charge in [0, 0.05) is 27.3 Å². The molecule has 1 aliphatic heterocycles.